The molecular weight excluding hydrogens is 764 g/mol. The second-order valence-corrected chi connectivity index (χ2v) is 18.0. The number of benzene rings is 5. The Bertz CT molecular complexity index is 2210. The van der Waals surface area contributed by atoms with Gasteiger partial charge in [-0.15, -0.1) is 11.8 Å². The number of hydrogen-bond donors (Lipinski definition) is 0. The Morgan fingerprint density at radius 1 is 0.857 bits per heavy atom. The predicted octanol–water partition coefficient (Wildman–Crippen LogP) is 8.80. The van der Waals surface area contributed by atoms with Gasteiger partial charge in [0.15, 0.2) is 15.6 Å². The number of ketones is 1. The number of nitrogens with zero attached hydrogens (tertiary/aromatic N) is 4. The van der Waals surface area contributed by atoms with E-state index < -0.39 is 26.3 Å². The smallest absolute Gasteiger partial charge is 0.273 e. The number of piperazine rings is 1. The molecule has 0 spiro atoms. The molecule has 1 heterocycles. The first-order valence-corrected chi connectivity index (χ1v) is 21.7. The highest BCUT2D eigenvalue weighted by molar-refractivity contribution is 7.99. The summed E-state index contributed by atoms with van der Waals surface area (Å²) >= 11 is 7.82. The number of rotatable bonds is 17. The highest BCUT2D eigenvalue weighted by Crippen LogP contribution is 2.31. The third-order valence-corrected chi connectivity index (χ3v) is 13.3. The van der Waals surface area contributed by atoms with E-state index in [0.717, 1.165) is 73.7 Å². The number of nitro groups is 1. The molecule has 0 aromatic heterocycles. The number of carbonyl (C=O) groups excluding carboxylic acids is 1. The topological polar surface area (TPSA) is 104 Å². The lowest BCUT2D eigenvalue weighted by atomic mass is 9.96. The van der Waals surface area contributed by atoms with Crippen LogP contribution in [0.15, 0.2) is 131 Å². The molecule has 1 saturated heterocycles. The SMILES string of the molecule is CN(C)CCC(CSc1ccccc1)Cc1ccc(S(=O)(=O)CC(=O)c2ccc(N3CCN(Cc4ccccc4-c4ccc(Cl)cc4)CC3)cc2)cc1[N+](=O)[O-]. The van der Waals surface area contributed by atoms with Crippen LogP contribution in [-0.2, 0) is 22.8 Å². The van der Waals surface area contributed by atoms with Crippen LogP contribution in [0.2, 0.25) is 5.02 Å². The zero-order valence-corrected chi connectivity index (χ0v) is 34.1. The maximum Gasteiger partial charge on any atom is 0.273 e. The molecule has 1 fully saturated rings. The molecular formula is C44H47ClN4O5S2. The van der Waals surface area contributed by atoms with Gasteiger partial charge in [-0.25, -0.2) is 8.42 Å². The molecule has 6 rings (SSSR count). The second-order valence-electron chi connectivity index (χ2n) is 14.5. The Labute approximate surface area is 339 Å². The van der Waals surface area contributed by atoms with E-state index >= 15 is 0 Å². The molecule has 1 aliphatic heterocycles. The minimum atomic E-state index is -4.15. The second kappa shape index (κ2) is 19.1. The van der Waals surface area contributed by atoms with E-state index in [1.165, 1.54) is 23.3 Å². The predicted molar refractivity (Wildman–Crippen MR) is 228 cm³/mol. The lowest BCUT2D eigenvalue weighted by Crippen LogP contribution is -2.46. The first kappa shape index (κ1) is 41.1. The zero-order chi connectivity index (χ0) is 39.7. The van der Waals surface area contributed by atoms with Crippen molar-refractivity contribution < 1.29 is 18.1 Å². The highest BCUT2D eigenvalue weighted by Gasteiger charge is 2.26. The summed E-state index contributed by atoms with van der Waals surface area (Å²) in [5.74, 6) is -0.452. The summed E-state index contributed by atoms with van der Waals surface area (Å²) < 4.78 is 27.0. The summed E-state index contributed by atoms with van der Waals surface area (Å²) in [6, 6.07) is 37.4. The van der Waals surface area contributed by atoms with Crippen molar-refractivity contribution in [2.45, 2.75) is 29.2 Å². The van der Waals surface area contributed by atoms with Crippen molar-refractivity contribution >= 4 is 50.4 Å². The van der Waals surface area contributed by atoms with Gasteiger partial charge in [0.2, 0.25) is 0 Å². The molecule has 1 unspecified atom stereocenters. The van der Waals surface area contributed by atoms with E-state index in [2.05, 4.69) is 39.0 Å². The maximum absolute atomic E-state index is 13.5. The molecule has 0 radical (unpaired) electrons. The van der Waals surface area contributed by atoms with Crippen molar-refractivity contribution in [2.75, 3.05) is 63.2 Å². The monoisotopic (exact) mass is 810 g/mol. The van der Waals surface area contributed by atoms with E-state index in [0.29, 0.717) is 17.0 Å². The highest BCUT2D eigenvalue weighted by atomic mass is 35.5. The molecule has 0 aliphatic carbocycles. The third kappa shape index (κ3) is 11.1. The van der Waals surface area contributed by atoms with Crippen LogP contribution in [0.5, 0.6) is 0 Å². The van der Waals surface area contributed by atoms with Crippen LogP contribution in [0.1, 0.15) is 27.9 Å². The van der Waals surface area contributed by atoms with Gasteiger partial charge in [-0.05, 0) is 111 Å². The number of halogens is 1. The van der Waals surface area contributed by atoms with E-state index in [4.69, 9.17) is 11.6 Å². The molecule has 292 valence electrons. The average Bonchev–Trinajstić information content (AvgIpc) is 3.20. The van der Waals surface area contributed by atoms with E-state index in [1.54, 1.807) is 23.9 Å². The van der Waals surface area contributed by atoms with E-state index in [-0.39, 0.29) is 22.1 Å². The number of thioether (sulfide) groups is 1. The van der Waals surface area contributed by atoms with Crippen molar-refractivity contribution in [1.29, 1.82) is 0 Å². The fraction of sp³-hybridized carbons (Fsp3) is 0.295. The normalized spacial score (nSPS) is 14.2. The fourth-order valence-corrected chi connectivity index (χ4v) is 9.41. The maximum atomic E-state index is 13.5. The first-order valence-electron chi connectivity index (χ1n) is 18.7. The van der Waals surface area contributed by atoms with Gasteiger partial charge in [0.25, 0.3) is 5.69 Å². The third-order valence-electron chi connectivity index (χ3n) is 10.1. The van der Waals surface area contributed by atoms with E-state index in [1.807, 2.05) is 80.8 Å². The standard InChI is InChI=1S/C44H47ClN4O5S2/c1-46(2)23-22-33(31-55-40-9-4-3-5-10-40)28-36-16-21-41(29-43(36)49(51)52)56(53,54)32-44(50)35-14-19-39(20-15-35)48-26-24-47(25-27-48)30-37-8-6-7-11-42(37)34-12-17-38(45)18-13-34/h3-21,29,33H,22-28,30-32H2,1-2H3. The van der Waals surface area contributed by atoms with Crippen molar-refractivity contribution in [3.63, 3.8) is 0 Å². The molecule has 9 nitrogen and oxygen atoms in total. The quantitative estimate of drug-likeness (QED) is 0.0395. The molecule has 5 aromatic carbocycles. The minimum Gasteiger partial charge on any atom is -0.369 e. The molecule has 12 heteroatoms. The van der Waals surface area contributed by atoms with Crippen molar-refractivity contribution in [1.82, 2.24) is 9.80 Å². The molecule has 56 heavy (non-hydrogen) atoms. The summed E-state index contributed by atoms with van der Waals surface area (Å²) in [7, 11) is -0.162. The lowest BCUT2D eigenvalue weighted by molar-refractivity contribution is -0.385. The van der Waals surface area contributed by atoms with Crippen LogP contribution < -0.4 is 4.90 Å². The van der Waals surface area contributed by atoms with Gasteiger partial charge in [0.1, 0.15) is 5.75 Å². The van der Waals surface area contributed by atoms with Crippen LogP contribution in [0.4, 0.5) is 11.4 Å². The number of anilines is 1. The van der Waals surface area contributed by atoms with Crippen LogP contribution >= 0.6 is 23.4 Å². The van der Waals surface area contributed by atoms with Gasteiger partial charge in [-0.3, -0.25) is 19.8 Å². The van der Waals surface area contributed by atoms with Crippen LogP contribution in [0.25, 0.3) is 11.1 Å². The van der Waals surface area contributed by atoms with Crippen LogP contribution in [0, 0.1) is 16.0 Å². The van der Waals surface area contributed by atoms with Crippen molar-refractivity contribution in [2.24, 2.45) is 5.92 Å². The molecule has 0 bridgehead atoms. The van der Waals surface area contributed by atoms with E-state index in [9.17, 15) is 23.3 Å². The Morgan fingerprint density at radius 3 is 2.21 bits per heavy atom. The van der Waals surface area contributed by atoms with Gasteiger partial charge in [0, 0.05) is 71.3 Å². The number of sulfone groups is 1. The molecule has 0 saturated carbocycles. The van der Waals surface area contributed by atoms with Gasteiger partial charge in [-0.1, -0.05) is 72.3 Å². The Balaban J connectivity index is 1.06. The van der Waals surface area contributed by atoms with Gasteiger partial charge >= 0.3 is 0 Å². The van der Waals surface area contributed by atoms with Gasteiger partial charge in [0.05, 0.1) is 9.82 Å². The van der Waals surface area contributed by atoms with Crippen molar-refractivity contribution in [3.05, 3.63) is 153 Å². The summed E-state index contributed by atoms with van der Waals surface area (Å²) in [5.41, 5.74) is 5.06. The number of hydrogen-bond acceptors (Lipinski definition) is 9. The number of Topliss-reactive ketones (excluding diaryl/α,β-unsaturated/α-hetero) is 1. The number of nitro benzene ring substituents is 1. The van der Waals surface area contributed by atoms with Crippen LogP contribution in [-0.4, -0.2) is 87.2 Å². The van der Waals surface area contributed by atoms with Crippen LogP contribution in [0.3, 0.4) is 0 Å². The zero-order valence-electron chi connectivity index (χ0n) is 31.7. The fourth-order valence-electron chi connectivity index (χ4n) is 6.98. The molecule has 5 aromatic rings. The summed E-state index contributed by atoms with van der Waals surface area (Å²) in [5, 5.41) is 12.9. The van der Waals surface area contributed by atoms with Gasteiger partial charge in [-0.2, -0.15) is 0 Å². The lowest BCUT2D eigenvalue weighted by Gasteiger charge is -2.36. The molecule has 0 N–H and O–H groups in total. The minimum absolute atomic E-state index is 0.125. The summed E-state index contributed by atoms with van der Waals surface area (Å²) in [6.45, 7) is 4.99. The number of carbonyl (C=O) groups is 1. The Hall–Kier alpha value is -4.52. The molecule has 1 aliphatic rings. The van der Waals surface area contributed by atoms with Crippen molar-refractivity contribution in [3.8, 4) is 11.1 Å². The Kier molecular flexibility index (Phi) is 14.0. The summed E-state index contributed by atoms with van der Waals surface area (Å²) in [4.78, 5) is 32.7. The van der Waals surface area contributed by atoms with Gasteiger partial charge < -0.3 is 9.80 Å². The largest absolute Gasteiger partial charge is 0.369 e. The Morgan fingerprint density at radius 2 is 1.54 bits per heavy atom. The molecule has 0 amide bonds. The molecule has 1 atom stereocenters. The average molecular weight is 811 g/mol. The first-order chi connectivity index (χ1) is 26.9. The summed E-state index contributed by atoms with van der Waals surface area (Å²) in [6.07, 6.45) is 1.26.